The molecule has 0 aromatic carbocycles. The van der Waals surface area contributed by atoms with Gasteiger partial charge in [0.05, 0.1) is 12.2 Å². The van der Waals surface area contributed by atoms with Crippen molar-refractivity contribution in [2.45, 2.75) is 72.0 Å². The maximum Gasteiger partial charge on any atom is 0.137 e. The number of Topliss-reactive ketones (excluding diaryl/α,β-unsaturated/α-hetero) is 1. The second-order valence-electron chi connectivity index (χ2n) is 9.10. The zero-order valence-corrected chi connectivity index (χ0v) is 15.0. The minimum absolute atomic E-state index is 0.0428. The SMILES string of the molecule is C=C[C@@]1(C)C[C@@H](O)[C@@]2(C)C3C(=O)CC[C@]3(CC[C@H]2C)[C@@H](C)[C@@H]1O. The van der Waals surface area contributed by atoms with Crippen molar-refractivity contribution >= 4 is 5.78 Å². The first-order valence-electron chi connectivity index (χ1n) is 9.16. The fourth-order valence-corrected chi connectivity index (χ4v) is 6.37. The normalized spacial score (nSPS) is 56.6. The summed E-state index contributed by atoms with van der Waals surface area (Å²) in [7, 11) is 0. The van der Waals surface area contributed by atoms with Gasteiger partial charge in [-0.1, -0.05) is 33.8 Å². The van der Waals surface area contributed by atoms with Crippen LogP contribution in [0.1, 0.15) is 59.8 Å². The summed E-state index contributed by atoms with van der Waals surface area (Å²) in [5.41, 5.74) is -1.07. The van der Waals surface area contributed by atoms with E-state index in [-0.39, 0.29) is 17.3 Å². The van der Waals surface area contributed by atoms with Gasteiger partial charge < -0.3 is 10.2 Å². The van der Waals surface area contributed by atoms with Gasteiger partial charge in [0.15, 0.2) is 0 Å². The van der Waals surface area contributed by atoms with E-state index in [0.717, 1.165) is 19.3 Å². The van der Waals surface area contributed by atoms with Gasteiger partial charge in [-0.15, -0.1) is 6.58 Å². The molecule has 0 amide bonds. The van der Waals surface area contributed by atoms with Crippen LogP contribution in [-0.4, -0.2) is 28.2 Å². The fraction of sp³-hybridized carbons (Fsp3) is 0.850. The number of aliphatic hydroxyl groups excluding tert-OH is 2. The third kappa shape index (κ3) is 1.99. The van der Waals surface area contributed by atoms with Crippen molar-refractivity contribution in [3.63, 3.8) is 0 Å². The van der Waals surface area contributed by atoms with Crippen LogP contribution in [0.15, 0.2) is 12.7 Å². The van der Waals surface area contributed by atoms with Gasteiger partial charge in [0, 0.05) is 23.2 Å². The van der Waals surface area contributed by atoms with E-state index in [9.17, 15) is 15.0 Å². The monoisotopic (exact) mass is 320 g/mol. The first-order chi connectivity index (χ1) is 10.6. The van der Waals surface area contributed by atoms with Crippen molar-refractivity contribution in [2.75, 3.05) is 0 Å². The maximum atomic E-state index is 12.8. The molecule has 2 bridgehead atoms. The summed E-state index contributed by atoms with van der Waals surface area (Å²) in [4.78, 5) is 12.8. The quantitative estimate of drug-likeness (QED) is 0.729. The molecule has 0 spiro atoms. The van der Waals surface area contributed by atoms with Gasteiger partial charge in [0.25, 0.3) is 0 Å². The molecule has 0 heterocycles. The second kappa shape index (κ2) is 5.16. The third-order valence-electron chi connectivity index (χ3n) is 8.33. The summed E-state index contributed by atoms with van der Waals surface area (Å²) in [5, 5.41) is 22.3. The lowest BCUT2D eigenvalue weighted by Crippen LogP contribution is -2.62. The largest absolute Gasteiger partial charge is 0.392 e. The highest BCUT2D eigenvalue weighted by Crippen LogP contribution is 2.67. The van der Waals surface area contributed by atoms with Gasteiger partial charge in [-0.05, 0) is 42.9 Å². The van der Waals surface area contributed by atoms with E-state index in [2.05, 4.69) is 27.4 Å². The Balaban J connectivity index is 2.21. The average molecular weight is 320 g/mol. The first kappa shape index (κ1) is 17.2. The third-order valence-corrected chi connectivity index (χ3v) is 8.33. The smallest absolute Gasteiger partial charge is 0.137 e. The summed E-state index contributed by atoms with van der Waals surface area (Å²) in [5.74, 6) is 0.544. The zero-order valence-electron chi connectivity index (χ0n) is 15.0. The predicted octanol–water partition coefficient (Wildman–Crippen LogP) is 3.34. The molecule has 130 valence electrons. The minimum atomic E-state index is -0.589. The highest BCUT2D eigenvalue weighted by atomic mass is 16.3. The lowest BCUT2D eigenvalue weighted by Gasteiger charge is -2.61. The fourth-order valence-electron chi connectivity index (χ4n) is 6.37. The first-order valence-corrected chi connectivity index (χ1v) is 9.16. The number of rotatable bonds is 1. The highest BCUT2D eigenvalue weighted by molar-refractivity contribution is 5.85. The van der Waals surface area contributed by atoms with Gasteiger partial charge >= 0.3 is 0 Å². The Bertz CT molecular complexity index is 529. The van der Waals surface area contributed by atoms with Crippen molar-refractivity contribution in [3.8, 4) is 0 Å². The molecule has 23 heavy (non-hydrogen) atoms. The van der Waals surface area contributed by atoms with Crippen molar-refractivity contribution in [1.82, 2.24) is 0 Å². The van der Waals surface area contributed by atoms with E-state index in [1.165, 1.54) is 0 Å². The van der Waals surface area contributed by atoms with Gasteiger partial charge in [-0.25, -0.2) is 0 Å². The molecule has 0 aliphatic heterocycles. The molecule has 3 saturated carbocycles. The van der Waals surface area contributed by atoms with E-state index in [4.69, 9.17) is 0 Å². The van der Waals surface area contributed by atoms with Crippen LogP contribution >= 0.6 is 0 Å². The zero-order chi connectivity index (χ0) is 17.2. The topological polar surface area (TPSA) is 57.5 Å². The highest BCUT2D eigenvalue weighted by Gasteiger charge is 2.67. The van der Waals surface area contributed by atoms with Gasteiger partial charge in [-0.2, -0.15) is 0 Å². The van der Waals surface area contributed by atoms with E-state index in [0.29, 0.717) is 24.5 Å². The molecule has 2 N–H and O–H groups in total. The molecule has 3 nitrogen and oxygen atoms in total. The molecule has 8 atom stereocenters. The number of carbonyl (C=O) groups is 1. The van der Waals surface area contributed by atoms with Crippen molar-refractivity contribution in [3.05, 3.63) is 12.7 Å². The summed E-state index contributed by atoms with van der Waals surface area (Å²) in [6, 6.07) is 0. The van der Waals surface area contributed by atoms with Crippen LogP contribution < -0.4 is 0 Å². The van der Waals surface area contributed by atoms with Gasteiger partial charge in [0.2, 0.25) is 0 Å². The van der Waals surface area contributed by atoms with Crippen LogP contribution in [0.25, 0.3) is 0 Å². The Kier molecular flexibility index (Phi) is 3.85. The lowest BCUT2D eigenvalue weighted by molar-refractivity contribution is -0.191. The van der Waals surface area contributed by atoms with E-state index >= 15 is 0 Å². The Hall–Kier alpha value is -0.670. The molecular weight excluding hydrogens is 288 g/mol. The number of hydrogen-bond acceptors (Lipinski definition) is 3. The Morgan fingerprint density at radius 3 is 2.48 bits per heavy atom. The molecule has 3 aliphatic rings. The molecule has 3 aliphatic carbocycles. The van der Waals surface area contributed by atoms with E-state index < -0.39 is 23.0 Å². The molecule has 0 aromatic heterocycles. The van der Waals surface area contributed by atoms with Crippen LogP contribution in [0.5, 0.6) is 0 Å². The second-order valence-corrected chi connectivity index (χ2v) is 9.10. The average Bonchev–Trinajstić information content (AvgIpc) is 2.87. The van der Waals surface area contributed by atoms with Crippen molar-refractivity contribution in [1.29, 1.82) is 0 Å². The number of carbonyl (C=O) groups excluding carboxylic acids is 1. The standard InChI is InChI=1S/C20H32O3/c1-6-18(4)11-15(22)19(5)12(2)7-9-20(13(3)17(18)23)10-8-14(21)16(19)20/h6,12-13,15-17,22-23H,1,7-11H2,2-5H3/t12-,13+,15-,16?,17+,18+,19+,20-/m1/s1. The Labute approximate surface area is 140 Å². The summed E-state index contributed by atoms with van der Waals surface area (Å²) >= 11 is 0. The lowest BCUT2D eigenvalue weighted by atomic mass is 9.44. The van der Waals surface area contributed by atoms with E-state index in [1.54, 1.807) is 0 Å². The molecular formula is C20H32O3. The van der Waals surface area contributed by atoms with Crippen LogP contribution in [0.2, 0.25) is 0 Å². The predicted molar refractivity (Wildman–Crippen MR) is 90.8 cm³/mol. The number of ketones is 1. The molecule has 0 radical (unpaired) electrons. The minimum Gasteiger partial charge on any atom is -0.392 e. The van der Waals surface area contributed by atoms with E-state index in [1.807, 2.05) is 13.0 Å². The van der Waals surface area contributed by atoms with Crippen LogP contribution in [0.3, 0.4) is 0 Å². The maximum absolute atomic E-state index is 12.8. The molecule has 0 saturated heterocycles. The molecule has 3 heteroatoms. The van der Waals surface area contributed by atoms with Crippen molar-refractivity contribution in [2.24, 2.45) is 34.0 Å². The molecule has 0 aromatic rings. The molecule has 1 unspecified atom stereocenters. The summed E-state index contributed by atoms with van der Waals surface area (Å²) in [6.45, 7) is 12.4. The van der Waals surface area contributed by atoms with Gasteiger partial charge in [0.1, 0.15) is 5.78 Å². The molecule has 3 fully saturated rings. The summed E-state index contributed by atoms with van der Waals surface area (Å²) < 4.78 is 0. The van der Waals surface area contributed by atoms with Crippen LogP contribution in [0, 0.1) is 34.0 Å². The number of hydrogen-bond donors (Lipinski definition) is 2. The Morgan fingerprint density at radius 2 is 1.87 bits per heavy atom. The Morgan fingerprint density at radius 1 is 1.22 bits per heavy atom. The molecule has 3 rings (SSSR count). The number of aliphatic hydroxyl groups is 2. The van der Waals surface area contributed by atoms with Gasteiger partial charge in [-0.3, -0.25) is 4.79 Å². The van der Waals surface area contributed by atoms with Crippen LogP contribution in [0.4, 0.5) is 0 Å². The van der Waals surface area contributed by atoms with Crippen molar-refractivity contribution < 1.29 is 15.0 Å². The summed E-state index contributed by atoms with van der Waals surface area (Å²) in [6.07, 6.45) is 4.60. The van der Waals surface area contributed by atoms with Crippen LogP contribution in [-0.2, 0) is 4.79 Å².